The fourth-order valence-electron chi connectivity index (χ4n) is 6.78. The van der Waals surface area contributed by atoms with Gasteiger partial charge < -0.3 is 31.1 Å². The Morgan fingerprint density at radius 2 is 1.91 bits per heavy atom. The Balaban J connectivity index is 1.12. The number of imidazole rings is 2. The summed E-state index contributed by atoms with van der Waals surface area (Å²) in [6, 6.07) is 0. The van der Waals surface area contributed by atoms with Crippen molar-refractivity contribution in [3.63, 3.8) is 0 Å². The SMILES string of the molecule is Nc1nc2c(ncn2[C@@H]2S[C@@H]3CO[P+](=O)O[C@@H]4[C@@H](COP(=O)(O)O[C@@H]2[C@@H]3O)[C@@H]2CC2(n2cnc3c(N)ncnc32)[C@@H]4O)c(=O)[nH]1. The average molecular weight is 684 g/mol. The Kier molecular flexibility index (Phi) is 6.64. The molecule has 2 bridgehead atoms. The molecule has 2 aliphatic carbocycles. The molecule has 11 atom stereocenters. The van der Waals surface area contributed by atoms with Crippen LogP contribution in [0.5, 0.6) is 0 Å². The summed E-state index contributed by atoms with van der Waals surface area (Å²) in [5.41, 5.74) is 10.8. The van der Waals surface area contributed by atoms with Gasteiger partial charge in [-0.25, -0.2) is 24.5 Å². The number of aromatic nitrogens is 8. The van der Waals surface area contributed by atoms with Gasteiger partial charge in [0.2, 0.25) is 5.95 Å². The van der Waals surface area contributed by atoms with E-state index < -0.39 is 74.7 Å². The molecule has 3 unspecified atom stereocenters. The lowest BCUT2D eigenvalue weighted by Gasteiger charge is -2.26. The summed E-state index contributed by atoms with van der Waals surface area (Å²) in [7, 11) is -7.75. The summed E-state index contributed by atoms with van der Waals surface area (Å²) < 4.78 is 51.8. The molecule has 238 valence electrons. The molecule has 8 rings (SSSR count). The van der Waals surface area contributed by atoms with E-state index in [1.54, 1.807) is 4.57 Å². The zero-order valence-corrected chi connectivity index (χ0v) is 25.4. The lowest BCUT2D eigenvalue weighted by Crippen LogP contribution is -2.40. The van der Waals surface area contributed by atoms with E-state index in [-0.39, 0.29) is 35.5 Å². The minimum absolute atomic E-state index is 0.0484. The van der Waals surface area contributed by atoms with E-state index in [1.165, 1.54) is 23.5 Å². The number of anilines is 2. The number of nitrogens with one attached hydrogen (secondary N) is 1. The number of nitrogens with zero attached hydrogens (tertiary/aromatic N) is 7. The molecule has 4 aromatic rings. The monoisotopic (exact) mass is 683 g/mol. The van der Waals surface area contributed by atoms with Crippen LogP contribution in [0.4, 0.5) is 11.8 Å². The van der Waals surface area contributed by atoms with Gasteiger partial charge in [0.25, 0.3) is 5.56 Å². The van der Waals surface area contributed by atoms with Gasteiger partial charge in [-0.2, -0.15) is 4.98 Å². The Morgan fingerprint density at radius 1 is 1.11 bits per heavy atom. The van der Waals surface area contributed by atoms with Crippen molar-refractivity contribution in [2.45, 2.75) is 47.0 Å². The predicted molar refractivity (Wildman–Crippen MR) is 153 cm³/mol. The van der Waals surface area contributed by atoms with E-state index in [0.717, 1.165) is 11.8 Å². The van der Waals surface area contributed by atoms with Crippen molar-refractivity contribution in [1.29, 1.82) is 0 Å². The summed E-state index contributed by atoms with van der Waals surface area (Å²) in [4.78, 5) is 46.3. The number of nitrogens with two attached hydrogens (primary N) is 2. The van der Waals surface area contributed by atoms with E-state index in [0.29, 0.717) is 17.6 Å². The van der Waals surface area contributed by atoms with E-state index >= 15 is 0 Å². The van der Waals surface area contributed by atoms with Crippen LogP contribution >= 0.6 is 27.8 Å². The largest absolute Gasteiger partial charge is 0.697 e. The molecule has 0 spiro atoms. The van der Waals surface area contributed by atoms with Gasteiger partial charge in [0.15, 0.2) is 22.6 Å². The third-order valence-electron chi connectivity index (χ3n) is 8.88. The Morgan fingerprint density at radius 3 is 2.73 bits per heavy atom. The number of aromatic amines is 1. The first kappa shape index (κ1) is 29.3. The van der Waals surface area contributed by atoms with Crippen LogP contribution < -0.4 is 17.0 Å². The summed E-state index contributed by atoms with van der Waals surface area (Å²) in [6.45, 7) is -0.776. The van der Waals surface area contributed by atoms with Gasteiger partial charge in [-0.15, -0.1) is 20.8 Å². The predicted octanol–water partition coefficient (Wildman–Crippen LogP) is -0.620. The van der Waals surface area contributed by atoms with Crippen LogP contribution in [0.3, 0.4) is 0 Å². The lowest BCUT2D eigenvalue weighted by atomic mass is 10.0. The van der Waals surface area contributed by atoms with Crippen LogP contribution in [-0.2, 0) is 32.8 Å². The number of hydrogen-bond donors (Lipinski definition) is 6. The molecule has 23 heteroatoms. The first-order valence-electron chi connectivity index (χ1n) is 13.6. The van der Waals surface area contributed by atoms with Crippen LogP contribution in [0.15, 0.2) is 23.8 Å². The molecule has 45 heavy (non-hydrogen) atoms. The van der Waals surface area contributed by atoms with E-state index in [9.17, 15) is 29.0 Å². The highest BCUT2D eigenvalue weighted by molar-refractivity contribution is 8.00. The topological polar surface area (TPSA) is 291 Å². The molecule has 2 saturated heterocycles. The third kappa shape index (κ3) is 4.45. The summed E-state index contributed by atoms with van der Waals surface area (Å²) in [5.74, 6) is -1.16. The minimum atomic E-state index is -4.90. The highest BCUT2D eigenvalue weighted by Crippen LogP contribution is 2.67. The van der Waals surface area contributed by atoms with Crippen LogP contribution in [0.25, 0.3) is 22.3 Å². The smallest absolute Gasteiger partial charge is 0.389 e. The molecular weight excluding hydrogens is 658 g/mol. The average Bonchev–Trinajstić information content (AvgIpc) is 3.25. The van der Waals surface area contributed by atoms with Crippen molar-refractivity contribution >= 4 is 61.9 Å². The lowest BCUT2D eigenvalue weighted by molar-refractivity contribution is -0.0185. The zero-order valence-electron chi connectivity index (χ0n) is 22.8. The van der Waals surface area contributed by atoms with Crippen molar-refractivity contribution in [2.24, 2.45) is 11.8 Å². The van der Waals surface area contributed by atoms with Crippen molar-refractivity contribution in [3.8, 4) is 0 Å². The number of phosphoric ester groups is 1. The second-order valence-electron chi connectivity index (χ2n) is 11.2. The normalized spacial score (nSPS) is 39.2. The zero-order chi connectivity index (χ0) is 31.4. The Hall–Kier alpha value is -3.10. The standard InChI is InChI=1S/C22H24N10O10P2S/c23-16-10-17(26-4-25-16)32(6-28-10)22-1-8(22)7-2-40-44(37,38)42-14-12(33)9(3-39-43(36)41-13(7)15(22)34)45-20(14)31-5-27-11-18(31)29-21(24)30-19(11)35/h4-9,12-15,20,33-34H,1-3H2,(H5-,23,24,25,26,29,30,35,37,38)/p+1/t7-,8-,9+,12+,13+,14+,15+,20+,22?/m0/s1. The van der Waals surface area contributed by atoms with Crippen molar-refractivity contribution in [3.05, 3.63) is 29.3 Å². The maximum Gasteiger partial charge on any atom is 0.697 e. The van der Waals surface area contributed by atoms with E-state index in [4.69, 9.17) is 29.6 Å². The Labute approximate surface area is 256 Å². The van der Waals surface area contributed by atoms with Crippen molar-refractivity contribution in [1.82, 2.24) is 39.0 Å². The number of phosphoric acid groups is 1. The molecule has 4 aromatic heterocycles. The molecule has 0 radical (unpaired) electrons. The highest BCUT2D eigenvalue weighted by Gasteiger charge is 2.75. The molecular formula is C22H25N10O10P2S+. The summed E-state index contributed by atoms with van der Waals surface area (Å²) in [6.07, 6.45) is -0.833. The van der Waals surface area contributed by atoms with Crippen LogP contribution in [0.1, 0.15) is 11.8 Å². The van der Waals surface area contributed by atoms with Crippen molar-refractivity contribution in [2.75, 3.05) is 24.7 Å². The number of aliphatic hydroxyl groups excluding tert-OH is 2. The number of H-pyrrole nitrogens is 1. The molecule has 6 heterocycles. The van der Waals surface area contributed by atoms with Gasteiger partial charge >= 0.3 is 16.1 Å². The maximum absolute atomic E-state index is 13.4. The summed E-state index contributed by atoms with van der Waals surface area (Å²) >= 11 is 1.04. The molecule has 8 N–H and O–H groups in total. The maximum atomic E-state index is 13.4. The van der Waals surface area contributed by atoms with E-state index in [1.807, 2.05) is 0 Å². The highest BCUT2D eigenvalue weighted by atomic mass is 32.2. The number of aliphatic hydroxyl groups is 2. The molecule has 4 aliphatic rings. The Bertz CT molecular complexity index is 1980. The van der Waals surface area contributed by atoms with Gasteiger partial charge in [0.05, 0.1) is 36.2 Å². The van der Waals surface area contributed by atoms with Crippen LogP contribution in [0.2, 0.25) is 0 Å². The molecule has 4 fully saturated rings. The van der Waals surface area contributed by atoms with Crippen molar-refractivity contribution < 1.29 is 42.3 Å². The van der Waals surface area contributed by atoms with Crippen LogP contribution in [0, 0.1) is 11.8 Å². The number of rotatable bonds is 2. The molecule has 0 amide bonds. The number of hydrogen-bond acceptors (Lipinski definition) is 17. The first-order chi connectivity index (χ1) is 21.5. The number of fused-ring (bicyclic) bond motifs is 7. The molecule has 0 aromatic carbocycles. The number of nitrogen functional groups attached to an aromatic ring is 2. The van der Waals surface area contributed by atoms with Gasteiger partial charge in [-0.3, -0.25) is 23.4 Å². The summed E-state index contributed by atoms with van der Waals surface area (Å²) in [5, 5.41) is 20.9. The molecule has 20 nitrogen and oxygen atoms in total. The van der Waals surface area contributed by atoms with E-state index in [2.05, 4.69) is 29.9 Å². The first-order valence-corrected chi connectivity index (χ1v) is 17.1. The second kappa shape index (κ2) is 10.2. The van der Waals surface area contributed by atoms with Gasteiger partial charge in [0.1, 0.15) is 42.1 Å². The molecule has 2 saturated carbocycles. The molecule has 2 aliphatic heterocycles. The van der Waals surface area contributed by atoms with Gasteiger partial charge in [0, 0.05) is 10.5 Å². The minimum Gasteiger partial charge on any atom is -0.389 e. The fraction of sp³-hybridized carbons (Fsp3) is 0.545. The van der Waals surface area contributed by atoms with Gasteiger partial charge in [-0.1, -0.05) is 0 Å². The fourth-order valence-corrected chi connectivity index (χ4v) is 10.2. The van der Waals surface area contributed by atoms with Gasteiger partial charge in [-0.05, 0) is 12.3 Å². The second-order valence-corrected chi connectivity index (χ2v) is 14.9. The number of thioether (sulfide) groups is 1. The third-order valence-corrected chi connectivity index (χ3v) is 12.2. The van der Waals surface area contributed by atoms with Crippen LogP contribution in [-0.4, -0.2) is 97.0 Å². The quantitative estimate of drug-likeness (QED) is 0.143.